The standard InChI is InChI=1S/C13H13Cl2N3O/c14-9-3-10-12(16-5-8-6-17-18-7-8)1-2-19-13(10)11(15)4-9/h3-4,6-7,12,16H,1-2,5H2,(H,17,18). The molecule has 1 aromatic heterocycles. The van der Waals surface area contributed by atoms with Crippen molar-refractivity contribution < 1.29 is 4.74 Å². The molecule has 0 aliphatic carbocycles. The maximum Gasteiger partial charge on any atom is 0.142 e. The van der Waals surface area contributed by atoms with Gasteiger partial charge in [0.1, 0.15) is 5.75 Å². The van der Waals surface area contributed by atoms with Crippen molar-refractivity contribution in [2.24, 2.45) is 0 Å². The fraction of sp³-hybridized carbons (Fsp3) is 0.308. The van der Waals surface area contributed by atoms with Gasteiger partial charge in [0, 0.05) is 41.4 Å². The Morgan fingerprint density at radius 1 is 1.42 bits per heavy atom. The van der Waals surface area contributed by atoms with Gasteiger partial charge in [-0.3, -0.25) is 5.10 Å². The number of hydrogen-bond donors (Lipinski definition) is 2. The molecule has 0 amide bonds. The van der Waals surface area contributed by atoms with Crippen molar-refractivity contribution in [3.05, 3.63) is 45.7 Å². The summed E-state index contributed by atoms with van der Waals surface area (Å²) in [5.74, 6) is 0.738. The maximum absolute atomic E-state index is 6.16. The average Bonchev–Trinajstić information content (AvgIpc) is 2.89. The minimum absolute atomic E-state index is 0.190. The summed E-state index contributed by atoms with van der Waals surface area (Å²) in [6, 6.07) is 3.81. The van der Waals surface area contributed by atoms with E-state index in [1.165, 1.54) is 0 Å². The van der Waals surface area contributed by atoms with Crippen LogP contribution in [0.4, 0.5) is 0 Å². The summed E-state index contributed by atoms with van der Waals surface area (Å²) in [5.41, 5.74) is 2.13. The molecule has 1 aliphatic rings. The van der Waals surface area contributed by atoms with Crippen LogP contribution in [0.5, 0.6) is 5.75 Å². The molecular formula is C13H13Cl2N3O. The molecule has 0 saturated carbocycles. The summed E-state index contributed by atoms with van der Waals surface area (Å²) in [6.07, 6.45) is 4.57. The molecule has 1 aromatic carbocycles. The van der Waals surface area contributed by atoms with Crippen LogP contribution in [0, 0.1) is 0 Å². The quantitative estimate of drug-likeness (QED) is 0.914. The van der Waals surface area contributed by atoms with Gasteiger partial charge in [-0.25, -0.2) is 0 Å². The van der Waals surface area contributed by atoms with Gasteiger partial charge in [-0.15, -0.1) is 0 Å². The van der Waals surface area contributed by atoms with E-state index in [0.29, 0.717) is 16.7 Å². The Balaban J connectivity index is 1.81. The number of hydrogen-bond acceptors (Lipinski definition) is 3. The molecule has 2 N–H and O–H groups in total. The van der Waals surface area contributed by atoms with Crippen molar-refractivity contribution in [2.75, 3.05) is 6.61 Å². The maximum atomic E-state index is 6.16. The number of nitrogens with zero attached hydrogens (tertiary/aromatic N) is 1. The normalized spacial score (nSPS) is 17.9. The number of ether oxygens (including phenoxy) is 1. The predicted octanol–water partition coefficient (Wildman–Crippen LogP) is 3.33. The molecule has 6 heteroatoms. The fourth-order valence-electron chi connectivity index (χ4n) is 2.25. The fourth-order valence-corrected chi connectivity index (χ4v) is 2.82. The van der Waals surface area contributed by atoms with Crippen LogP contribution in [0.3, 0.4) is 0 Å². The molecule has 0 radical (unpaired) electrons. The van der Waals surface area contributed by atoms with Crippen LogP contribution in [0.1, 0.15) is 23.6 Å². The zero-order chi connectivity index (χ0) is 13.2. The lowest BCUT2D eigenvalue weighted by molar-refractivity contribution is 0.252. The molecule has 0 saturated heterocycles. The number of halogens is 2. The second-order valence-electron chi connectivity index (χ2n) is 4.48. The second-order valence-corrected chi connectivity index (χ2v) is 5.33. The van der Waals surface area contributed by atoms with Gasteiger partial charge in [0.05, 0.1) is 17.8 Å². The first-order chi connectivity index (χ1) is 9.24. The third kappa shape index (κ3) is 2.71. The van der Waals surface area contributed by atoms with Gasteiger partial charge in [-0.05, 0) is 12.1 Å². The number of benzene rings is 1. The smallest absolute Gasteiger partial charge is 0.142 e. The number of aromatic nitrogens is 2. The Bertz CT molecular complexity index is 572. The molecule has 0 fully saturated rings. The van der Waals surface area contributed by atoms with Crippen LogP contribution >= 0.6 is 23.2 Å². The van der Waals surface area contributed by atoms with Crippen molar-refractivity contribution in [3.8, 4) is 5.75 Å². The number of rotatable bonds is 3. The van der Waals surface area contributed by atoms with Gasteiger partial charge in [-0.1, -0.05) is 23.2 Å². The van der Waals surface area contributed by atoms with Crippen molar-refractivity contribution >= 4 is 23.2 Å². The van der Waals surface area contributed by atoms with Crippen molar-refractivity contribution in [2.45, 2.75) is 19.0 Å². The Morgan fingerprint density at radius 3 is 3.11 bits per heavy atom. The number of fused-ring (bicyclic) bond motifs is 1. The van der Waals surface area contributed by atoms with Crippen LogP contribution in [0.15, 0.2) is 24.5 Å². The number of aromatic amines is 1. The van der Waals surface area contributed by atoms with Gasteiger partial charge >= 0.3 is 0 Å². The lowest BCUT2D eigenvalue weighted by Gasteiger charge is -2.27. The highest BCUT2D eigenvalue weighted by Gasteiger charge is 2.23. The third-order valence-corrected chi connectivity index (χ3v) is 3.67. The number of nitrogens with one attached hydrogen (secondary N) is 2. The largest absolute Gasteiger partial charge is 0.492 e. The van der Waals surface area contributed by atoms with E-state index in [1.54, 1.807) is 12.3 Å². The molecule has 0 spiro atoms. The topological polar surface area (TPSA) is 49.9 Å². The zero-order valence-corrected chi connectivity index (χ0v) is 11.6. The van der Waals surface area contributed by atoms with Crippen molar-refractivity contribution in [1.82, 2.24) is 15.5 Å². The Morgan fingerprint density at radius 2 is 2.32 bits per heavy atom. The summed E-state index contributed by atoms with van der Waals surface area (Å²) >= 11 is 12.2. The van der Waals surface area contributed by atoms with Crippen LogP contribution in [0.2, 0.25) is 10.0 Å². The first kappa shape index (κ1) is 12.8. The van der Waals surface area contributed by atoms with Crippen LogP contribution in [0.25, 0.3) is 0 Å². The molecule has 4 nitrogen and oxygen atoms in total. The van der Waals surface area contributed by atoms with E-state index >= 15 is 0 Å². The molecule has 1 atom stereocenters. The second kappa shape index (κ2) is 5.41. The molecule has 100 valence electrons. The van der Waals surface area contributed by atoms with E-state index < -0.39 is 0 Å². The summed E-state index contributed by atoms with van der Waals surface area (Å²) < 4.78 is 5.63. The Kier molecular flexibility index (Phi) is 3.64. The van der Waals surface area contributed by atoms with E-state index in [4.69, 9.17) is 27.9 Å². The lowest BCUT2D eigenvalue weighted by atomic mass is 10.0. The Labute approximate surface area is 121 Å². The van der Waals surface area contributed by atoms with Gasteiger partial charge < -0.3 is 10.1 Å². The van der Waals surface area contributed by atoms with Crippen LogP contribution in [-0.4, -0.2) is 16.8 Å². The highest BCUT2D eigenvalue weighted by Crippen LogP contribution is 2.39. The van der Waals surface area contributed by atoms with Gasteiger partial charge in [0.2, 0.25) is 0 Å². The van der Waals surface area contributed by atoms with E-state index in [9.17, 15) is 0 Å². The van der Waals surface area contributed by atoms with E-state index in [0.717, 1.165) is 29.8 Å². The molecule has 2 aromatic rings. The van der Waals surface area contributed by atoms with Crippen LogP contribution < -0.4 is 10.1 Å². The van der Waals surface area contributed by atoms with E-state index in [-0.39, 0.29) is 6.04 Å². The first-order valence-corrected chi connectivity index (χ1v) is 6.82. The highest BCUT2D eigenvalue weighted by atomic mass is 35.5. The molecule has 3 rings (SSSR count). The summed E-state index contributed by atoms with van der Waals surface area (Å²) in [4.78, 5) is 0. The highest BCUT2D eigenvalue weighted by molar-refractivity contribution is 6.35. The van der Waals surface area contributed by atoms with Crippen molar-refractivity contribution in [3.63, 3.8) is 0 Å². The van der Waals surface area contributed by atoms with E-state index in [2.05, 4.69) is 15.5 Å². The molecule has 0 bridgehead atoms. The molecular weight excluding hydrogens is 285 g/mol. The lowest BCUT2D eigenvalue weighted by Crippen LogP contribution is -2.26. The minimum atomic E-state index is 0.190. The summed E-state index contributed by atoms with van der Waals surface area (Å²) in [5, 5.41) is 11.4. The first-order valence-electron chi connectivity index (χ1n) is 6.07. The predicted molar refractivity (Wildman–Crippen MR) is 74.7 cm³/mol. The molecule has 1 aliphatic heterocycles. The molecule has 19 heavy (non-hydrogen) atoms. The monoisotopic (exact) mass is 297 g/mol. The van der Waals surface area contributed by atoms with Gasteiger partial charge in [0.15, 0.2) is 0 Å². The van der Waals surface area contributed by atoms with Crippen LogP contribution in [-0.2, 0) is 6.54 Å². The van der Waals surface area contributed by atoms with E-state index in [1.807, 2.05) is 12.3 Å². The zero-order valence-electron chi connectivity index (χ0n) is 10.1. The van der Waals surface area contributed by atoms with Gasteiger partial charge in [0.25, 0.3) is 0 Å². The average molecular weight is 298 g/mol. The minimum Gasteiger partial charge on any atom is -0.492 e. The Hall–Kier alpha value is -1.23. The molecule has 1 unspecified atom stereocenters. The third-order valence-electron chi connectivity index (χ3n) is 3.17. The molecule has 2 heterocycles. The summed E-state index contributed by atoms with van der Waals surface area (Å²) in [7, 11) is 0. The number of H-pyrrole nitrogens is 1. The SMILES string of the molecule is Clc1cc(Cl)c2c(c1)C(NCc1cn[nH]c1)CCO2. The summed E-state index contributed by atoms with van der Waals surface area (Å²) in [6.45, 7) is 1.39. The van der Waals surface area contributed by atoms with Crippen molar-refractivity contribution in [1.29, 1.82) is 0 Å². The van der Waals surface area contributed by atoms with Gasteiger partial charge in [-0.2, -0.15) is 5.10 Å².